The van der Waals surface area contributed by atoms with Gasteiger partial charge < -0.3 is 5.32 Å². The molecule has 3 aromatic rings. The van der Waals surface area contributed by atoms with Crippen molar-refractivity contribution in [2.45, 2.75) is 36.6 Å². The largest absolute Gasteiger partial charge is 0.322 e. The highest BCUT2D eigenvalue weighted by Crippen LogP contribution is 2.30. The number of carbonyl (C=O) groups is 3. The van der Waals surface area contributed by atoms with Gasteiger partial charge in [0.15, 0.2) is 11.6 Å². The number of benzene rings is 3. The fourth-order valence-electron chi connectivity index (χ4n) is 4.79. The fraction of sp³-hybridized carbons (Fsp3) is 0.222. The first-order chi connectivity index (χ1) is 16.8. The molecule has 35 heavy (non-hydrogen) atoms. The van der Waals surface area contributed by atoms with Crippen molar-refractivity contribution in [3.05, 3.63) is 94.5 Å². The van der Waals surface area contributed by atoms with Crippen LogP contribution in [0.15, 0.2) is 71.6 Å². The summed E-state index contributed by atoms with van der Waals surface area (Å²) < 4.78 is 27.3. The van der Waals surface area contributed by atoms with E-state index in [0.29, 0.717) is 22.4 Å². The average molecular weight is 489 g/mol. The summed E-state index contributed by atoms with van der Waals surface area (Å²) in [6, 6.07) is 17.1. The molecule has 1 saturated carbocycles. The van der Waals surface area contributed by atoms with Crippen LogP contribution in [0, 0.1) is 0 Å². The molecule has 1 fully saturated rings. The van der Waals surface area contributed by atoms with Crippen LogP contribution in [-0.2, 0) is 10.0 Å². The topological polar surface area (TPSA) is 101 Å². The zero-order chi connectivity index (χ0) is 24.7. The van der Waals surface area contributed by atoms with Crippen LogP contribution in [-0.4, -0.2) is 43.3 Å². The first kappa shape index (κ1) is 23.1. The number of hydrogen-bond donors (Lipinski definition) is 1. The van der Waals surface area contributed by atoms with E-state index in [2.05, 4.69) is 5.32 Å². The van der Waals surface area contributed by atoms with Crippen molar-refractivity contribution in [3.8, 4) is 0 Å². The second-order valence-corrected chi connectivity index (χ2v) is 10.9. The third-order valence-corrected chi connectivity index (χ3v) is 8.74. The molecule has 7 nitrogen and oxygen atoms in total. The van der Waals surface area contributed by atoms with Gasteiger partial charge in [0.25, 0.3) is 5.91 Å². The maximum atomic E-state index is 12.9. The molecule has 0 radical (unpaired) electrons. The van der Waals surface area contributed by atoms with E-state index >= 15 is 0 Å². The van der Waals surface area contributed by atoms with Gasteiger partial charge in [0, 0.05) is 46.6 Å². The molecule has 1 amide bonds. The van der Waals surface area contributed by atoms with Crippen molar-refractivity contribution in [3.63, 3.8) is 0 Å². The van der Waals surface area contributed by atoms with Crippen molar-refractivity contribution in [2.75, 3.05) is 12.4 Å². The number of sulfonamides is 1. The van der Waals surface area contributed by atoms with Gasteiger partial charge in [-0.3, -0.25) is 14.4 Å². The van der Waals surface area contributed by atoms with E-state index in [-0.39, 0.29) is 33.6 Å². The minimum atomic E-state index is -3.64. The summed E-state index contributed by atoms with van der Waals surface area (Å²) >= 11 is 0. The van der Waals surface area contributed by atoms with E-state index < -0.39 is 15.9 Å². The number of nitrogens with zero attached hydrogens (tertiary/aromatic N) is 1. The van der Waals surface area contributed by atoms with Crippen molar-refractivity contribution >= 4 is 33.2 Å². The number of rotatable bonds is 5. The molecule has 0 aromatic heterocycles. The molecule has 2 aliphatic carbocycles. The van der Waals surface area contributed by atoms with Crippen molar-refractivity contribution in [2.24, 2.45) is 0 Å². The van der Waals surface area contributed by atoms with Crippen LogP contribution in [0.25, 0.3) is 0 Å². The molecule has 2 aliphatic rings. The van der Waals surface area contributed by atoms with Crippen LogP contribution in [0.5, 0.6) is 0 Å². The van der Waals surface area contributed by atoms with Gasteiger partial charge in [-0.25, -0.2) is 8.42 Å². The molecule has 0 spiro atoms. The summed E-state index contributed by atoms with van der Waals surface area (Å²) in [6.07, 6.45) is 3.77. The van der Waals surface area contributed by atoms with E-state index in [0.717, 1.165) is 25.7 Å². The summed E-state index contributed by atoms with van der Waals surface area (Å²) in [4.78, 5) is 38.6. The molecule has 3 aromatic carbocycles. The quantitative estimate of drug-likeness (QED) is 0.452. The molecule has 178 valence electrons. The van der Waals surface area contributed by atoms with Crippen LogP contribution in [0.4, 0.5) is 5.69 Å². The summed E-state index contributed by atoms with van der Waals surface area (Å²) in [5.41, 5.74) is 1.89. The number of amides is 1. The zero-order valence-electron chi connectivity index (χ0n) is 19.2. The third kappa shape index (κ3) is 4.09. The van der Waals surface area contributed by atoms with Crippen molar-refractivity contribution in [1.29, 1.82) is 0 Å². The molecule has 5 rings (SSSR count). The van der Waals surface area contributed by atoms with Crippen LogP contribution in [0.1, 0.15) is 67.9 Å². The summed E-state index contributed by atoms with van der Waals surface area (Å²) in [7, 11) is -2.03. The highest BCUT2D eigenvalue weighted by atomic mass is 32.2. The number of anilines is 1. The Labute approximate surface area is 203 Å². The number of ketones is 2. The van der Waals surface area contributed by atoms with Gasteiger partial charge >= 0.3 is 0 Å². The third-order valence-electron chi connectivity index (χ3n) is 6.82. The molecule has 0 atom stereocenters. The molecular weight excluding hydrogens is 464 g/mol. The number of nitrogens with one attached hydrogen (secondary N) is 1. The lowest BCUT2D eigenvalue weighted by Gasteiger charge is -2.23. The Morgan fingerprint density at radius 1 is 0.829 bits per heavy atom. The SMILES string of the molecule is CN(C1CCCC1)S(=O)(=O)c1ccc(C(=O)Nc2ccc3c(c2)C(=O)c2ccccc2C3=O)cc1. The second kappa shape index (κ2) is 8.87. The highest BCUT2D eigenvalue weighted by molar-refractivity contribution is 7.89. The Morgan fingerprint density at radius 2 is 1.40 bits per heavy atom. The van der Waals surface area contributed by atoms with Crippen LogP contribution in [0.3, 0.4) is 0 Å². The lowest BCUT2D eigenvalue weighted by molar-refractivity contribution is 0.0979. The monoisotopic (exact) mass is 488 g/mol. The Balaban J connectivity index is 1.34. The van der Waals surface area contributed by atoms with Crippen LogP contribution >= 0.6 is 0 Å². The van der Waals surface area contributed by atoms with Crippen molar-refractivity contribution in [1.82, 2.24) is 4.31 Å². The fourth-order valence-corrected chi connectivity index (χ4v) is 6.20. The second-order valence-electron chi connectivity index (χ2n) is 8.90. The average Bonchev–Trinajstić information content (AvgIpc) is 3.42. The highest BCUT2D eigenvalue weighted by Gasteiger charge is 2.31. The Hall–Kier alpha value is -3.62. The lowest BCUT2D eigenvalue weighted by atomic mass is 9.84. The predicted molar refractivity (Wildman–Crippen MR) is 131 cm³/mol. The summed E-state index contributed by atoms with van der Waals surface area (Å²) in [6.45, 7) is 0. The van der Waals surface area contributed by atoms with Gasteiger partial charge in [-0.1, -0.05) is 37.1 Å². The standard InChI is InChI=1S/C27H24N2O5S/c1-29(19-6-2-3-7-19)35(33,34)20-13-10-17(11-14-20)27(32)28-18-12-15-23-24(16-18)26(31)22-9-5-4-8-21(22)25(23)30/h4-5,8-16,19H,2-3,6-7H2,1H3,(H,28,32). The van der Waals surface area contributed by atoms with Crippen LogP contribution < -0.4 is 5.32 Å². The molecule has 1 N–H and O–H groups in total. The Bertz CT molecular complexity index is 1460. The molecule has 0 saturated heterocycles. The van der Waals surface area contributed by atoms with Gasteiger partial charge in [-0.05, 0) is 55.3 Å². The maximum Gasteiger partial charge on any atom is 0.255 e. The summed E-state index contributed by atoms with van der Waals surface area (Å²) in [5, 5.41) is 2.73. The first-order valence-electron chi connectivity index (χ1n) is 11.5. The molecular formula is C27H24N2O5S. The molecule has 0 aliphatic heterocycles. The minimum absolute atomic E-state index is 0.00791. The molecule has 0 bridgehead atoms. The Kier molecular flexibility index (Phi) is 5.86. The molecule has 0 unspecified atom stereocenters. The van der Waals surface area contributed by atoms with E-state index in [9.17, 15) is 22.8 Å². The number of carbonyl (C=O) groups excluding carboxylic acids is 3. The van der Waals surface area contributed by atoms with Gasteiger partial charge in [0.2, 0.25) is 10.0 Å². The zero-order valence-corrected chi connectivity index (χ0v) is 20.0. The molecule has 8 heteroatoms. The number of hydrogen-bond acceptors (Lipinski definition) is 5. The smallest absolute Gasteiger partial charge is 0.255 e. The minimum Gasteiger partial charge on any atom is -0.322 e. The van der Waals surface area contributed by atoms with Gasteiger partial charge in [-0.15, -0.1) is 0 Å². The van der Waals surface area contributed by atoms with Crippen molar-refractivity contribution < 1.29 is 22.8 Å². The molecule has 0 heterocycles. The van der Waals surface area contributed by atoms with Gasteiger partial charge in [0.1, 0.15) is 0 Å². The van der Waals surface area contributed by atoms with Crippen LogP contribution in [0.2, 0.25) is 0 Å². The van der Waals surface area contributed by atoms with E-state index in [1.807, 2.05) is 0 Å². The summed E-state index contributed by atoms with van der Waals surface area (Å²) in [5.74, 6) is -0.951. The van der Waals surface area contributed by atoms with E-state index in [1.165, 1.54) is 40.7 Å². The van der Waals surface area contributed by atoms with Gasteiger partial charge in [-0.2, -0.15) is 4.31 Å². The normalized spacial score (nSPS) is 15.7. The maximum absolute atomic E-state index is 12.9. The Morgan fingerprint density at radius 3 is 2.03 bits per heavy atom. The lowest BCUT2D eigenvalue weighted by Crippen LogP contribution is -2.35. The number of fused-ring (bicyclic) bond motifs is 2. The predicted octanol–water partition coefficient (Wildman–Crippen LogP) is 4.28. The first-order valence-corrected chi connectivity index (χ1v) is 12.9. The van der Waals surface area contributed by atoms with E-state index in [1.54, 1.807) is 37.4 Å². The van der Waals surface area contributed by atoms with Gasteiger partial charge in [0.05, 0.1) is 4.90 Å². The van der Waals surface area contributed by atoms with E-state index in [4.69, 9.17) is 0 Å².